The van der Waals surface area contributed by atoms with Crippen molar-refractivity contribution in [3.05, 3.63) is 40.7 Å². The number of hydrogen-bond acceptors (Lipinski definition) is 6. The van der Waals surface area contributed by atoms with E-state index in [-0.39, 0.29) is 19.3 Å². The molecule has 8 heteroatoms. The van der Waals surface area contributed by atoms with Crippen LogP contribution in [0.4, 0.5) is 0 Å². The molecule has 1 amide bonds. The number of hydrogen-bond donors (Lipinski definition) is 2. The van der Waals surface area contributed by atoms with E-state index in [0.717, 1.165) is 69.1 Å². The summed E-state index contributed by atoms with van der Waals surface area (Å²) < 4.78 is 5.81. The van der Waals surface area contributed by atoms with Crippen molar-refractivity contribution >= 4 is 17.5 Å². The Hall–Kier alpha value is -1.93. The summed E-state index contributed by atoms with van der Waals surface area (Å²) in [6, 6.07) is 7.49. The standard InChI is InChI=1S/C18H20ClN3O2.2C4H11N.CH4/c1-11-15(21-17(24-11)12-2-4-14(19)5-3-12)8-22-9-18(10-22)6-13(7-18)16(20)23;1-4-5(2)3;1-3-5-4-2;/h2-5,13H,6-10H2,1H3,(H2,20,23);4H2,1-3H3;5H,3-4H2,1-2H3;1H4. The molecule has 1 saturated heterocycles. The normalized spacial score (nSPS) is 16.2. The van der Waals surface area contributed by atoms with Crippen LogP contribution in [0.3, 0.4) is 0 Å². The molecular weight excluding hydrogens is 462 g/mol. The van der Waals surface area contributed by atoms with Crippen LogP contribution in [0.2, 0.25) is 5.02 Å². The summed E-state index contributed by atoms with van der Waals surface area (Å²) >= 11 is 5.92. The van der Waals surface area contributed by atoms with E-state index in [4.69, 9.17) is 21.8 Å². The first-order chi connectivity index (χ1) is 16.1. The van der Waals surface area contributed by atoms with Gasteiger partial charge >= 0.3 is 0 Å². The van der Waals surface area contributed by atoms with E-state index in [1.54, 1.807) is 0 Å². The SMILES string of the molecule is C.CCN(C)C.CCNCC.Cc1oc(-c2ccc(Cl)cc2)nc1CN1CC2(CC(C(N)=O)C2)C1. The fourth-order valence-electron chi connectivity index (χ4n) is 4.21. The lowest BCUT2D eigenvalue weighted by atomic mass is 9.57. The molecule has 1 spiro atoms. The molecule has 7 nitrogen and oxygen atoms in total. The number of nitrogens with two attached hydrogens (primary N) is 1. The zero-order chi connectivity index (χ0) is 25.3. The second-order valence-electron chi connectivity index (χ2n) is 9.53. The van der Waals surface area contributed by atoms with E-state index in [2.05, 4.69) is 55.0 Å². The van der Waals surface area contributed by atoms with Gasteiger partial charge in [0.25, 0.3) is 0 Å². The third-order valence-electron chi connectivity index (χ3n) is 6.37. The topological polar surface area (TPSA) is 87.6 Å². The summed E-state index contributed by atoms with van der Waals surface area (Å²) in [5.41, 5.74) is 7.58. The van der Waals surface area contributed by atoms with Crippen LogP contribution in [0.5, 0.6) is 0 Å². The predicted molar refractivity (Wildman–Crippen MR) is 146 cm³/mol. The Morgan fingerprint density at radius 1 is 1.20 bits per heavy atom. The van der Waals surface area contributed by atoms with E-state index in [9.17, 15) is 4.79 Å². The Morgan fingerprint density at radius 2 is 1.74 bits per heavy atom. The zero-order valence-electron chi connectivity index (χ0n) is 21.7. The minimum atomic E-state index is -0.154. The van der Waals surface area contributed by atoms with E-state index < -0.39 is 0 Å². The molecule has 1 aliphatic carbocycles. The zero-order valence-corrected chi connectivity index (χ0v) is 22.4. The first-order valence-electron chi connectivity index (χ1n) is 12.2. The van der Waals surface area contributed by atoms with Crippen molar-refractivity contribution in [1.29, 1.82) is 0 Å². The molecule has 1 aliphatic heterocycles. The third kappa shape index (κ3) is 9.22. The Bertz CT molecular complexity index is 881. The number of aromatic nitrogens is 1. The van der Waals surface area contributed by atoms with Crippen molar-refractivity contribution in [2.45, 2.75) is 54.5 Å². The molecule has 1 aromatic heterocycles. The smallest absolute Gasteiger partial charge is 0.226 e. The summed E-state index contributed by atoms with van der Waals surface area (Å²) in [6.07, 6.45) is 1.87. The summed E-state index contributed by atoms with van der Waals surface area (Å²) in [5, 5.41) is 3.81. The number of benzene rings is 1. The minimum absolute atomic E-state index is 0. The van der Waals surface area contributed by atoms with Gasteiger partial charge in [0, 0.05) is 36.1 Å². The number of carbonyl (C=O) groups is 1. The summed E-state index contributed by atoms with van der Waals surface area (Å²) in [6.45, 7) is 14.4. The number of primary amides is 1. The van der Waals surface area contributed by atoms with E-state index in [1.165, 1.54) is 0 Å². The molecule has 2 heterocycles. The fraction of sp³-hybridized carbons (Fsp3) is 0.630. The Labute approximate surface area is 217 Å². The molecule has 0 atom stereocenters. The van der Waals surface area contributed by atoms with Crippen LogP contribution in [0, 0.1) is 18.3 Å². The highest BCUT2D eigenvalue weighted by molar-refractivity contribution is 6.30. The van der Waals surface area contributed by atoms with Gasteiger partial charge in [-0.05, 0) is 83.2 Å². The molecule has 198 valence electrons. The molecule has 0 bridgehead atoms. The minimum Gasteiger partial charge on any atom is -0.441 e. The highest BCUT2D eigenvalue weighted by atomic mass is 35.5. The predicted octanol–water partition coefficient (Wildman–Crippen LogP) is 4.82. The van der Waals surface area contributed by atoms with Crippen LogP contribution in [0.15, 0.2) is 28.7 Å². The van der Waals surface area contributed by atoms with Crippen LogP contribution in [0.1, 0.15) is 52.5 Å². The van der Waals surface area contributed by atoms with Crippen molar-refractivity contribution in [2.24, 2.45) is 17.1 Å². The third-order valence-corrected chi connectivity index (χ3v) is 6.62. The average Bonchev–Trinajstić information content (AvgIpc) is 3.10. The number of amides is 1. The maximum Gasteiger partial charge on any atom is 0.226 e. The highest BCUT2D eigenvalue weighted by Crippen LogP contribution is 2.52. The molecular formula is C27H46ClN5O2. The molecule has 35 heavy (non-hydrogen) atoms. The van der Waals surface area contributed by atoms with Gasteiger partial charge in [0.2, 0.25) is 11.8 Å². The van der Waals surface area contributed by atoms with E-state index in [0.29, 0.717) is 16.3 Å². The average molecular weight is 508 g/mol. The number of nitrogens with zero attached hydrogens (tertiary/aromatic N) is 3. The maximum absolute atomic E-state index is 11.2. The fourth-order valence-corrected chi connectivity index (χ4v) is 4.34. The summed E-state index contributed by atoms with van der Waals surface area (Å²) in [5.74, 6) is 1.41. The molecule has 0 radical (unpaired) electrons. The number of nitrogens with one attached hydrogen (secondary N) is 1. The van der Waals surface area contributed by atoms with Gasteiger partial charge in [0.05, 0.1) is 5.69 Å². The second-order valence-corrected chi connectivity index (χ2v) is 9.97. The number of halogens is 1. The monoisotopic (exact) mass is 507 g/mol. The first-order valence-corrected chi connectivity index (χ1v) is 12.6. The molecule has 0 unspecified atom stereocenters. The number of oxazole rings is 1. The number of aryl methyl sites for hydroxylation is 1. The molecule has 1 aromatic carbocycles. The van der Waals surface area contributed by atoms with Crippen LogP contribution in [-0.4, -0.2) is 67.5 Å². The Morgan fingerprint density at radius 3 is 2.17 bits per heavy atom. The number of rotatable bonds is 7. The van der Waals surface area contributed by atoms with Gasteiger partial charge in [-0.3, -0.25) is 9.69 Å². The first kappa shape index (κ1) is 31.1. The molecule has 4 rings (SSSR count). The largest absolute Gasteiger partial charge is 0.441 e. The summed E-state index contributed by atoms with van der Waals surface area (Å²) in [7, 11) is 4.11. The van der Waals surface area contributed by atoms with Gasteiger partial charge in [-0.2, -0.15) is 0 Å². The van der Waals surface area contributed by atoms with E-state index in [1.807, 2.05) is 31.2 Å². The van der Waals surface area contributed by atoms with Crippen molar-refractivity contribution in [3.8, 4) is 11.5 Å². The lowest BCUT2D eigenvalue weighted by Gasteiger charge is -2.58. The molecule has 1 saturated carbocycles. The van der Waals surface area contributed by atoms with Crippen LogP contribution in [-0.2, 0) is 11.3 Å². The van der Waals surface area contributed by atoms with Gasteiger partial charge in [-0.1, -0.05) is 39.8 Å². The second kappa shape index (κ2) is 14.6. The molecule has 3 N–H and O–H groups in total. The molecule has 2 aromatic rings. The van der Waals surface area contributed by atoms with Gasteiger partial charge < -0.3 is 20.4 Å². The van der Waals surface area contributed by atoms with Crippen molar-refractivity contribution in [3.63, 3.8) is 0 Å². The lowest BCUT2D eigenvalue weighted by Crippen LogP contribution is -2.63. The van der Waals surface area contributed by atoms with Crippen molar-refractivity contribution in [2.75, 3.05) is 46.8 Å². The van der Waals surface area contributed by atoms with Gasteiger partial charge in [0.15, 0.2) is 0 Å². The highest BCUT2D eigenvalue weighted by Gasteiger charge is 2.53. The lowest BCUT2D eigenvalue weighted by molar-refractivity contribution is -0.142. The van der Waals surface area contributed by atoms with Crippen LogP contribution < -0.4 is 11.1 Å². The quantitative estimate of drug-likeness (QED) is 0.558. The summed E-state index contributed by atoms with van der Waals surface area (Å²) in [4.78, 5) is 20.3. The number of carbonyl (C=O) groups excluding carboxylic acids is 1. The van der Waals surface area contributed by atoms with Crippen LogP contribution in [0.25, 0.3) is 11.5 Å². The molecule has 2 aliphatic rings. The van der Waals surface area contributed by atoms with Crippen molar-refractivity contribution in [1.82, 2.24) is 20.1 Å². The maximum atomic E-state index is 11.2. The van der Waals surface area contributed by atoms with Gasteiger partial charge in [-0.15, -0.1) is 0 Å². The van der Waals surface area contributed by atoms with Crippen molar-refractivity contribution < 1.29 is 9.21 Å². The van der Waals surface area contributed by atoms with E-state index >= 15 is 0 Å². The van der Waals surface area contributed by atoms with Gasteiger partial charge in [0.1, 0.15) is 5.76 Å². The molecule has 2 fully saturated rings. The van der Waals surface area contributed by atoms with Gasteiger partial charge in [-0.25, -0.2) is 4.98 Å². The van der Waals surface area contributed by atoms with Crippen LogP contribution >= 0.6 is 11.6 Å². The Kier molecular flexibility index (Phi) is 13.0. The Balaban J connectivity index is 0.000000476. The number of likely N-dealkylation sites (tertiary alicyclic amines) is 1.